The number of rotatable bonds is 0. The third kappa shape index (κ3) is 0.468. The predicted molar refractivity (Wildman–Crippen MR) is 38.2 cm³/mol. The Labute approximate surface area is 84.9 Å². The van der Waals surface area contributed by atoms with Gasteiger partial charge >= 0.3 is 17.8 Å². The smallest absolute Gasteiger partial charge is 0.203 e. The van der Waals surface area contributed by atoms with Gasteiger partial charge in [-0.25, -0.2) is 26.3 Å². The SMILES string of the molecule is FC1(F)C2(Br)C(F)(F)C1(Br)C2(F)F. The number of hydrogen-bond donors (Lipinski definition) is 0. The van der Waals surface area contributed by atoms with E-state index in [-0.39, 0.29) is 0 Å². The first-order valence-corrected chi connectivity index (χ1v) is 4.60. The first-order valence-electron chi connectivity index (χ1n) is 3.01. The molecule has 76 valence electrons. The highest BCUT2D eigenvalue weighted by Gasteiger charge is 3.17. The van der Waals surface area contributed by atoms with Crippen molar-refractivity contribution in [1.82, 2.24) is 0 Å². The predicted octanol–water partition coefficient (Wildman–Crippen LogP) is 3.19. The highest BCUT2D eigenvalue weighted by atomic mass is 79.9. The molecule has 3 rings (SSSR count). The van der Waals surface area contributed by atoms with Crippen LogP contribution >= 0.6 is 31.9 Å². The van der Waals surface area contributed by atoms with Crippen molar-refractivity contribution in [3.63, 3.8) is 0 Å². The zero-order chi connectivity index (χ0) is 10.5. The van der Waals surface area contributed by atoms with Gasteiger partial charge in [0, 0.05) is 0 Å². The van der Waals surface area contributed by atoms with Crippen LogP contribution in [0.4, 0.5) is 26.3 Å². The Morgan fingerprint density at radius 1 is 0.538 bits per heavy atom. The fraction of sp³-hybridized carbons (Fsp3) is 1.00. The molecule has 0 N–H and O–H groups in total. The van der Waals surface area contributed by atoms with Gasteiger partial charge in [0.1, 0.15) is 0 Å². The van der Waals surface area contributed by atoms with E-state index in [1.54, 1.807) is 31.9 Å². The van der Waals surface area contributed by atoms with E-state index < -0.39 is 26.4 Å². The summed E-state index contributed by atoms with van der Waals surface area (Å²) >= 11 is 3.50. The molecule has 0 spiro atoms. The van der Waals surface area contributed by atoms with Crippen LogP contribution in [-0.2, 0) is 0 Å². The number of halogens is 8. The average molecular weight is 334 g/mol. The van der Waals surface area contributed by atoms with Gasteiger partial charge in [-0.2, -0.15) is 0 Å². The molecule has 8 heteroatoms. The minimum atomic E-state index is -4.15. The summed E-state index contributed by atoms with van der Waals surface area (Å²) in [6.07, 6.45) is 0. The molecule has 13 heavy (non-hydrogen) atoms. The minimum absolute atomic E-state index is 1.75. The molecule has 3 aliphatic carbocycles. The van der Waals surface area contributed by atoms with Gasteiger partial charge in [0.2, 0.25) is 8.65 Å². The van der Waals surface area contributed by atoms with Gasteiger partial charge in [-0.1, -0.05) is 31.9 Å². The van der Waals surface area contributed by atoms with Crippen LogP contribution in [-0.4, -0.2) is 26.4 Å². The maximum Gasteiger partial charge on any atom is 0.302 e. The Bertz CT molecular complexity index is 230. The molecule has 3 aliphatic rings. The third-order valence-corrected chi connectivity index (χ3v) is 5.58. The van der Waals surface area contributed by atoms with Crippen LogP contribution in [0.25, 0.3) is 0 Å². The molecule has 0 aliphatic heterocycles. The lowest BCUT2D eigenvalue weighted by molar-refractivity contribution is -0.470. The second-order valence-electron chi connectivity index (χ2n) is 3.04. The van der Waals surface area contributed by atoms with Crippen LogP contribution in [0.3, 0.4) is 0 Å². The Morgan fingerprint density at radius 2 is 0.692 bits per heavy atom. The maximum absolute atomic E-state index is 12.7. The molecule has 0 nitrogen and oxygen atoms in total. The topological polar surface area (TPSA) is 0 Å². The fourth-order valence-electron chi connectivity index (χ4n) is 1.71. The molecule has 2 bridgehead atoms. The summed E-state index contributed by atoms with van der Waals surface area (Å²) in [6.45, 7) is 0. The maximum atomic E-state index is 12.7. The third-order valence-electron chi connectivity index (χ3n) is 2.60. The Kier molecular flexibility index (Phi) is 1.39. The molecule has 0 atom stereocenters. The van der Waals surface area contributed by atoms with Gasteiger partial charge in [-0.15, -0.1) is 0 Å². The highest BCUT2D eigenvalue weighted by Crippen LogP contribution is 2.90. The van der Waals surface area contributed by atoms with Gasteiger partial charge in [0.15, 0.2) is 0 Å². The average Bonchev–Trinajstić information content (AvgIpc) is 1.99. The van der Waals surface area contributed by atoms with E-state index in [2.05, 4.69) is 0 Å². The molecule has 0 unspecified atom stereocenters. The highest BCUT2D eigenvalue weighted by molar-refractivity contribution is 9.11. The first-order chi connectivity index (χ1) is 5.50. The lowest BCUT2D eigenvalue weighted by Gasteiger charge is -2.77. The van der Waals surface area contributed by atoms with E-state index in [9.17, 15) is 26.3 Å². The van der Waals surface area contributed by atoms with Crippen molar-refractivity contribution in [1.29, 1.82) is 0 Å². The zero-order valence-corrected chi connectivity index (χ0v) is 8.70. The molecule has 3 fully saturated rings. The Balaban J connectivity index is 2.57. The van der Waals surface area contributed by atoms with E-state index in [0.717, 1.165) is 0 Å². The summed E-state index contributed by atoms with van der Waals surface area (Å²) < 4.78 is 68.7. The molecular formula is C5Br2F6. The van der Waals surface area contributed by atoms with Gasteiger partial charge in [-0.3, -0.25) is 0 Å². The van der Waals surface area contributed by atoms with Crippen LogP contribution in [0.5, 0.6) is 0 Å². The van der Waals surface area contributed by atoms with Crippen LogP contribution in [0.15, 0.2) is 0 Å². The molecule has 3 saturated carbocycles. The van der Waals surface area contributed by atoms with Crippen molar-refractivity contribution in [3.05, 3.63) is 0 Å². The van der Waals surface area contributed by atoms with Crippen molar-refractivity contribution in [2.75, 3.05) is 0 Å². The van der Waals surface area contributed by atoms with E-state index in [1.807, 2.05) is 0 Å². The first kappa shape index (κ1) is 10.1. The molecular weight excluding hydrogens is 334 g/mol. The summed E-state index contributed by atoms with van der Waals surface area (Å²) in [7, 11) is 0. The molecule has 0 heterocycles. The fourth-order valence-corrected chi connectivity index (χ4v) is 4.29. The monoisotopic (exact) mass is 332 g/mol. The van der Waals surface area contributed by atoms with E-state index in [4.69, 9.17) is 0 Å². The number of hydrogen-bond acceptors (Lipinski definition) is 0. The molecule has 0 aromatic heterocycles. The Hall–Kier alpha value is 0.540. The van der Waals surface area contributed by atoms with Crippen molar-refractivity contribution in [2.24, 2.45) is 0 Å². The largest absolute Gasteiger partial charge is 0.302 e. The quantitative estimate of drug-likeness (QED) is 0.472. The van der Waals surface area contributed by atoms with Gasteiger partial charge in [0.25, 0.3) is 0 Å². The van der Waals surface area contributed by atoms with Gasteiger partial charge < -0.3 is 0 Å². The molecule has 0 aromatic rings. The second kappa shape index (κ2) is 1.79. The minimum Gasteiger partial charge on any atom is -0.203 e. The van der Waals surface area contributed by atoms with Crippen LogP contribution in [0.2, 0.25) is 0 Å². The lowest BCUT2D eigenvalue weighted by atomic mass is 9.45. The van der Waals surface area contributed by atoms with Crippen molar-refractivity contribution in [3.8, 4) is 0 Å². The summed E-state index contributed by atoms with van der Waals surface area (Å²) in [5.41, 5.74) is 0. The van der Waals surface area contributed by atoms with E-state index >= 15 is 0 Å². The summed E-state index contributed by atoms with van der Waals surface area (Å²) in [5, 5.41) is 0. The van der Waals surface area contributed by atoms with Crippen molar-refractivity contribution >= 4 is 31.9 Å². The van der Waals surface area contributed by atoms with E-state index in [1.165, 1.54) is 0 Å². The van der Waals surface area contributed by atoms with Crippen LogP contribution < -0.4 is 0 Å². The van der Waals surface area contributed by atoms with Gasteiger partial charge in [0.05, 0.1) is 0 Å². The summed E-state index contributed by atoms with van der Waals surface area (Å²) in [6, 6.07) is 0. The van der Waals surface area contributed by atoms with Crippen molar-refractivity contribution < 1.29 is 26.3 Å². The van der Waals surface area contributed by atoms with Crippen LogP contribution in [0.1, 0.15) is 0 Å². The molecule has 0 saturated heterocycles. The zero-order valence-electron chi connectivity index (χ0n) is 5.52. The second-order valence-corrected chi connectivity index (χ2v) is 5.42. The summed E-state index contributed by atoms with van der Waals surface area (Å²) in [4.78, 5) is 0. The van der Waals surface area contributed by atoms with E-state index in [0.29, 0.717) is 0 Å². The number of alkyl halides is 8. The lowest BCUT2D eigenvalue weighted by Crippen LogP contribution is -3.07. The molecule has 0 amide bonds. The summed E-state index contributed by atoms with van der Waals surface area (Å²) in [5.74, 6) is -12.4. The van der Waals surface area contributed by atoms with Crippen molar-refractivity contribution in [2.45, 2.75) is 26.4 Å². The normalized spacial score (nSPS) is 53.5. The molecule has 0 radical (unpaired) electrons. The standard InChI is InChI=1S/C5Br2F6/c6-1-3(8,9)2(7,4(1,10)11)5(1,12)13. The molecule has 0 aromatic carbocycles. The van der Waals surface area contributed by atoms with Crippen LogP contribution in [0, 0.1) is 0 Å². The van der Waals surface area contributed by atoms with Gasteiger partial charge in [-0.05, 0) is 0 Å². The Morgan fingerprint density at radius 3 is 0.769 bits per heavy atom.